The van der Waals surface area contributed by atoms with E-state index in [9.17, 15) is 0 Å². The zero-order valence-corrected chi connectivity index (χ0v) is 29.8. The van der Waals surface area contributed by atoms with Gasteiger partial charge in [-0.1, -0.05) is 176 Å². The molecule has 4 heteroatoms. The predicted octanol–water partition coefficient (Wildman–Crippen LogP) is 13.4. The molecule has 0 fully saturated rings. The molecule has 0 atom stereocenters. The van der Waals surface area contributed by atoms with Crippen molar-refractivity contribution in [1.29, 1.82) is 0 Å². The van der Waals surface area contributed by atoms with Crippen molar-refractivity contribution in [1.82, 2.24) is 15.0 Å². The second-order valence-corrected chi connectivity index (χ2v) is 13.6. The molecule has 8 aromatic carbocycles. The lowest BCUT2D eigenvalue weighted by molar-refractivity contribution is 0.669. The van der Waals surface area contributed by atoms with Crippen molar-refractivity contribution < 1.29 is 4.42 Å². The second kappa shape index (κ2) is 13.8. The minimum atomic E-state index is 0.620. The molecular formula is C51H33N3O. The Morgan fingerprint density at radius 2 is 0.709 bits per heavy atom. The summed E-state index contributed by atoms with van der Waals surface area (Å²) in [6, 6.07) is 69.4. The first-order valence-electron chi connectivity index (χ1n) is 18.4. The van der Waals surface area contributed by atoms with E-state index in [0.717, 1.165) is 77.6 Å². The maximum Gasteiger partial charge on any atom is 0.164 e. The first-order chi connectivity index (χ1) is 27.2. The molecule has 0 unspecified atom stereocenters. The minimum Gasteiger partial charge on any atom is -0.456 e. The molecule has 0 saturated carbocycles. The summed E-state index contributed by atoms with van der Waals surface area (Å²) in [6.07, 6.45) is 0. The molecule has 2 aromatic heterocycles. The van der Waals surface area contributed by atoms with Gasteiger partial charge < -0.3 is 4.42 Å². The highest BCUT2D eigenvalue weighted by molar-refractivity contribution is 6.06. The van der Waals surface area contributed by atoms with Gasteiger partial charge in [0.2, 0.25) is 0 Å². The van der Waals surface area contributed by atoms with Gasteiger partial charge in [0, 0.05) is 27.5 Å². The van der Waals surface area contributed by atoms with E-state index in [4.69, 9.17) is 19.4 Å². The van der Waals surface area contributed by atoms with Crippen LogP contribution in [0.2, 0.25) is 0 Å². The summed E-state index contributed by atoms with van der Waals surface area (Å²) in [4.78, 5) is 15.4. The fourth-order valence-corrected chi connectivity index (χ4v) is 7.34. The number of furan rings is 1. The first kappa shape index (κ1) is 32.2. The van der Waals surface area contributed by atoms with E-state index in [1.54, 1.807) is 0 Å². The van der Waals surface area contributed by atoms with Gasteiger partial charge in [-0.3, -0.25) is 0 Å². The van der Waals surface area contributed by atoms with Crippen molar-refractivity contribution in [3.63, 3.8) is 0 Å². The summed E-state index contributed by atoms with van der Waals surface area (Å²) >= 11 is 0. The Labute approximate surface area is 319 Å². The Morgan fingerprint density at radius 3 is 1.44 bits per heavy atom. The number of hydrogen-bond donors (Lipinski definition) is 0. The van der Waals surface area contributed by atoms with Gasteiger partial charge in [-0.05, 0) is 68.8 Å². The molecular weight excluding hydrogens is 671 g/mol. The van der Waals surface area contributed by atoms with Gasteiger partial charge in [-0.2, -0.15) is 0 Å². The van der Waals surface area contributed by atoms with Crippen LogP contribution >= 0.6 is 0 Å². The lowest BCUT2D eigenvalue weighted by Gasteiger charge is -2.13. The van der Waals surface area contributed by atoms with Crippen molar-refractivity contribution in [3.05, 3.63) is 200 Å². The van der Waals surface area contributed by atoms with Gasteiger partial charge in [0.05, 0.1) is 0 Å². The number of hydrogen-bond acceptors (Lipinski definition) is 4. The Kier molecular flexibility index (Phi) is 8.12. The summed E-state index contributed by atoms with van der Waals surface area (Å²) in [5.41, 5.74) is 13.6. The third kappa shape index (κ3) is 6.26. The van der Waals surface area contributed by atoms with Crippen molar-refractivity contribution in [3.8, 4) is 78.7 Å². The van der Waals surface area contributed by atoms with Crippen LogP contribution < -0.4 is 0 Å². The van der Waals surface area contributed by atoms with Crippen LogP contribution in [0.25, 0.3) is 101 Å². The van der Waals surface area contributed by atoms with Crippen LogP contribution in [0.3, 0.4) is 0 Å². The fraction of sp³-hybridized carbons (Fsp3) is 0. The van der Waals surface area contributed by atoms with E-state index in [1.165, 1.54) is 5.56 Å². The molecule has 55 heavy (non-hydrogen) atoms. The largest absolute Gasteiger partial charge is 0.456 e. The molecule has 0 bridgehead atoms. The first-order valence-corrected chi connectivity index (χ1v) is 18.4. The molecule has 10 aromatic rings. The molecule has 0 aliphatic rings. The number of aromatic nitrogens is 3. The summed E-state index contributed by atoms with van der Waals surface area (Å²) < 4.78 is 6.07. The monoisotopic (exact) mass is 703 g/mol. The van der Waals surface area contributed by atoms with Gasteiger partial charge in [-0.25, -0.2) is 15.0 Å². The Morgan fingerprint density at radius 1 is 0.255 bits per heavy atom. The topological polar surface area (TPSA) is 51.8 Å². The zero-order valence-electron chi connectivity index (χ0n) is 29.8. The molecule has 4 nitrogen and oxygen atoms in total. The third-order valence-electron chi connectivity index (χ3n) is 10.2. The van der Waals surface area contributed by atoms with Crippen LogP contribution in [0.5, 0.6) is 0 Å². The van der Waals surface area contributed by atoms with E-state index in [0.29, 0.717) is 17.5 Å². The van der Waals surface area contributed by atoms with Crippen LogP contribution in [0.4, 0.5) is 0 Å². The molecule has 0 aliphatic heterocycles. The van der Waals surface area contributed by atoms with Gasteiger partial charge in [-0.15, -0.1) is 0 Å². The van der Waals surface area contributed by atoms with Crippen molar-refractivity contribution in [2.24, 2.45) is 0 Å². The van der Waals surface area contributed by atoms with Crippen LogP contribution in [-0.2, 0) is 0 Å². The molecule has 258 valence electrons. The van der Waals surface area contributed by atoms with Crippen molar-refractivity contribution >= 4 is 21.9 Å². The van der Waals surface area contributed by atoms with E-state index in [2.05, 4.69) is 170 Å². The lowest BCUT2D eigenvalue weighted by Crippen LogP contribution is -2.01. The fourth-order valence-electron chi connectivity index (χ4n) is 7.34. The van der Waals surface area contributed by atoms with E-state index >= 15 is 0 Å². The quantitative estimate of drug-likeness (QED) is 0.166. The third-order valence-corrected chi connectivity index (χ3v) is 10.2. The number of fused-ring (bicyclic) bond motifs is 3. The number of para-hydroxylation sites is 1. The van der Waals surface area contributed by atoms with Gasteiger partial charge in [0.1, 0.15) is 11.2 Å². The average molecular weight is 704 g/mol. The SMILES string of the molecule is c1ccc(-c2ccc(-c3nc(-c4cccc(-c5ccc(-c6ccc7oc8ccccc8c7c6)cc5)c4)nc(-c4ccccc4-c4ccccc4)n3)cc2)cc1. The Bertz CT molecular complexity index is 2950. The number of rotatable bonds is 7. The van der Waals surface area contributed by atoms with Crippen LogP contribution in [0.1, 0.15) is 0 Å². The summed E-state index contributed by atoms with van der Waals surface area (Å²) in [5.74, 6) is 1.87. The highest BCUT2D eigenvalue weighted by Crippen LogP contribution is 2.36. The summed E-state index contributed by atoms with van der Waals surface area (Å²) in [6.45, 7) is 0. The Hall–Kier alpha value is -7.43. The van der Waals surface area contributed by atoms with Crippen LogP contribution in [0.15, 0.2) is 205 Å². The van der Waals surface area contributed by atoms with Crippen molar-refractivity contribution in [2.45, 2.75) is 0 Å². The normalized spacial score (nSPS) is 11.3. The van der Waals surface area contributed by atoms with E-state index < -0.39 is 0 Å². The number of benzene rings is 8. The molecule has 0 saturated heterocycles. The van der Waals surface area contributed by atoms with Gasteiger partial charge in [0.15, 0.2) is 17.5 Å². The smallest absolute Gasteiger partial charge is 0.164 e. The maximum atomic E-state index is 6.07. The van der Waals surface area contributed by atoms with Crippen molar-refractivity contribution in [2.75, 3.05) is 0 Å². The average Bonchev–Trinajstić information content (AvgIpc) is 3.65. The standard InChI is InChI=1S/C51H33N3O/c1-3-12-34(13-4-1)35-26-28-39(29-27-35)49-52-50(54-51(53-49)45-20-8-7-18-43(45)38-14-5-2-6-15-38)42-17-11-16-40(32-42)36-22-24-37(25-23-36)41-30-31-48-46(33-41)44-19-9-10-21-47(44)55-48/h1-33H. The van der Waals surface area contributed by atoms with E-state index in [1.807, 2.05) is 30.3 Å². The lowest BCUT2D eigenvalue weighted by atomic mass is 9.98. The summed E-state index contributed by atoms with van der Waals surface area (Å²) in [7, 11) is 0. The molecule has 0 amide bonds. The zero-order chi connectivity index (χ0) is 36.6. The molecule has 0 N–H and O–H groups in total. The molecule has 0 aliphatic carbocycles. The molecule has 0 spiro atoms. The van der Waals surface area contributed by atoms with E-state index in [-0.39, 0.29) is 0 Å². The molecule has 10 rings (SSSR count). The van der Waals surface area contributed by atoms with Gasteiger partial charge in [0.25, 0.3) is 0 Å². The highest BCUT2D eigenvalue weighted by Gasteiger charge is 2.16. The Balaban J connectivity index is 1.04. The molecule has 0 radical (unpaired) electrons. The molecule has 2 heterocycles. The van der Waals surface area contributed by atoms with Gasteiger partial charge >= 0.3 is 0 Å². The predicted molar refractivity (Wildman–Crippen MR) is 225 cm³/mol. The van der Waals surface area contributed by atoms with Crippen LogP contribution in [-0.4, -0.2) is 15.0 Å². The summed E-state index contributed by atoms with van der Waals surface area (Å²) in [5, 5.41) is 2.25. The highest BCUT2D eigenvalue weighted by atomic mass is 16.3. The second-order valence-electron chi connectivity index (χ2n) is 13.6. The van der Waals surface area contributed by atoms with Crippen LogP contribution in [0, 0.1) is 0 Å². The maximum absolute atomic E-state index is 6.07. The minimum absolute atomic E-state index is 0.620. The number of nitrogens with zero attached hydrogens (tertiary/aromatic N) is 3.